The molecule has 3 rings (SSSR count). The average molecular weight is 412 g/mol. The van der Waals surface area contributed by atoms with Crippen LogP contribution in [0.25, 0.3) is 0 Å². The van der Waals surface area contributed by atoms with Crippen molar-refractivity contribution in [3.8, 4) is 11.5 Å². The van der Waals surface area contributed by atoms with Gasteiger partial charge in [0, 0.05) is 44.0 Å². The van der Waals surface area contributed by atoms with Crippen LogP contribution in [0.4, 0.5) is 5.69 Å². The molecule has 162 valence electrons. The number of hydrogen-bond acceptors (Lipinski definition) is 5. The fourth-order valence-electron chi connectivity index (χ4n) is 3.73. The number of amides is 1. The molecule has 0 unspecified atom stereocenters. The summed E-state index contributed by atoms with van der Waals surface area (Å²) in [4.78, 5) is 17.1. The number of piperazine rings is 1. The van der Waals surface area contributed by atoms with Gasteiger partial charge in [-0.25, -0.2) is 0 Å². The first-order valence-corrected chi connectivity index (χ1v) is 10.5. The molecule has 2 aromatic rings. The zero-order chi connectivity index (χ0) is 21.5. The Kier molecular flexibility index (Phi) is 7.71. The highest BCUT2D eigenvalue weighted by Gasteiger charge is 2.20. The smallest absolute Gasteiger partial charge is 0.238 e. The number of benzene rings is 2. The van der Waals surface area contributed by atoms with E-state index in [1.807, 2.05) is 30.3 Å². The molecular weight excluding hydrogens is 378 g/mol. The Bertz CT molecular complexity index is 845. The zero-order valence-corrected chi connectivity index (χ0v) is 18.5. The van der Waals surface area contributed by atoms with Crippen LogP contribution >= 0.6 is 0 Å². The summed E-state index contributed by atoms with van der Waals surface area (Å²) >= 11 is 0. The zero-order valence-electron chi connectivity index (χ0n) is 18.5. The molecule has 1 saturated heterocycles. The summed E-state index contributed by atoms with van der Waals surface area (Å²) in [6, 6.07) is 14.0. The molecule has 0 aliphatic carbocycles. The van der Waals surface area contributed by atoms with Gasteiger partial charge in [-0.2, -0.15) is 0 Å². The largest absolute Gasteiger partial charge is 0.497 e. The Balaban J connectivity index is 1.49. The molecule has 1 aliphatic rings. The fourth-order valence-corrected chi connectivity index (χ4v) is 3.73. The number of carbonyl (C=O) groups excluding carboxylic acids is 1. The molecule has 0 bridgehead atoms. The number of ether oxygens (including phenoxy) is 2. The summed E-state index contributed by atoms with van der Waals surface area (Å²) in [6.45, 7) is 9.10. The van der Waals surface area contributed by atoms with Gasteiger partial charge >= 0.3 is 0 Å². The summed E-state index contributed by atoms with van der Waals surface area (Å²) in [5, 5.41) is 3.04. The highest BCUT2D eigenvalue weighted by atomic mass is 16.5. The molecule has 0 atom stereocenters. The molecule has 1 heterocycles. The van der Waals surface area contributed by atoms with E-state index in [1.54, 1.807) is 14.2 Å². The first-order chi connectivity index (χ1) is 14.5. The minimum absolute atomic E-state index is 0.0406. The normalized spacial score (nSPS) is 15.2. The van der Waals surface area contributed by atoms with Gasteiger partial charge in [-0.3, -0.25) is 14.6 Å². The first kappa shape index (κ1) is 22.1. The molecule has 0 radical (unpaired) electrons. The van der Waals surface area contributed by atoms with E-state index in [-0.39, 0.29) is 5.91 Å². The molecule has 0 aromatic heterocycles. The lowest BCUT2D eigenvalue weighted by atomic mass is 10.0. The summed E-state index contributed by atoms with van der Waals surface area (Å²) in [7, 11) is 3.37. The number of rotatable bonds is 8. The molecule has 1 fully saturated rings. The monoisotopic (exact) mass is 411 g/mol. The predicted molar refractivity (Wildman–Crippen MR) is 120 cm³/mol. The van der Waals surface area contributed by atoms with E-state index in [2.05, 4.69) is 41.1 Å². The van der Waals surface area contributed by atoms with Crippen molar-refractivity contribution in [3.63, 3.8) is 0 Å². The lowest BCUT2D eigenvalue weighted by Crippen LogP contribution is -2.48. The van der Waals surface area contributed by atoms with Crippen LogP contribution in [0, 0.1) is 0 Å². The van der Waals surface area contributed by atoms with Crippen molar-refractivity contribution in [2.45, 2.75) is 26.3 Å². The molecule has 30 heavy (non-hydrogen) atoms. The molecule has 6 nitrogen and oxygen atoms in total. The Morgan fingerprint density at radius 2 is 1.73 bits per heavy atom. The van der Waals surface area contributed by atoms with E-state index in [4.69, 9.17) is 9.47 Å². The quantitative estimate of drug-likeness (QED) is 0.720. The SMILES string of the molecule is COc1ccc(OC)c(CN2CCN(CC(=O)Nc3cccc(C(C)C)c3)CC2)c1. The molecule has 1 aliphatic heterocycles. The van der Waals surface area contributed by atoms with Gasteiger partial charge in [0.05, 0.1) is 20.8 Å². The maximum Gasteiger partial charge on any atom is 0.238 e. The Hall–Kier alpha value is -2.57. The second-order valence-corrected chi connectivity index (χ2v) is 8.06. The molecule has 1 amide bonds. The van der Waals surface area contributed by atoms with Crippen LogP contribution in [0.5, 0.6) is 11.5 Å². The summed E-state index contributed by atoms with van der Waals surface area (Å²) in [6.07, 6.45) is 0. The number of nitrogens with one attached hydrogen (secondary N) is 1. The van der Waals surface area contributed by atoms with Gasteiger partial charge in [0.1, 0.15) is 11.5 Å². The van der Waals surface area contributed by atoms with E-state index < -0.39 is 0 Å². The van der Waals surface area contributed by atoms with E-state index >= 15 is 0 Å². The number of methoxy groups -OCH3 is 2. The van der Waals surface area contributed by atoms with Crippen molar-refractivity contribution >= 4 is 11.6 Å². The van der Waals surface area contributed by atoms with Gasteiger partial charge in [-0.1, -0.05) is 26.0 Å². The van der Waals surface area contributed by atoms with Gasteiger partial charge in [-0.05, 0) is 41.8 Å². The second kappa shape index (κ2) is 10.5. The third-order valence-corrected chi connectivity index (χ3v) is 5.55. The van der Waals surface area contributed by atoms with Crippen molar-refractivity contribution in [2.75, 3.05) is 52.3 Å². The summed E-state index contributed by atoms with van der Waals surface area (Å²) in [5.41, 5.74) is 3.22. The van der Waals surface area contributed by atoms with Crippen molar-refractivity contribution in [1.82, 2.24) is 9.80 Å². The van der Waals surface area contributed by atoms with Gasteiger partial charge < -0.3 is 14.8 Å². The van der Waals surface area contributed by atoms with Crippen LogP contribution in [0.1, 0.15) is 30.9 Å². The van der Waals surface area contributed by atoms with Gasteiger partial charge in [0.2, 0.25) is 5.91 Å². The highest BCUT2D eigenvalue weighted by molar-refractivity contribution is 5.92. The van der Waals surface area contributed by atoms with Gasteiger partial charge in [-0.15, -0.1) is 0 Å². The molecule has 0 saturated carbocycles. The van der Waals surface area contributed by atoms with Crippen LogP contribution in [0.2, 0.25) is 0 Å². The van der Waals surface area contributed by atoms with Crippen molar-refractivity contribution in [3.05, 3.63) is 53.6 Å². The lowest BCUT2D eigenvalue weighted by molar-refractivity contribution is -0.117. The van der Waals surface area contributed by atoms with Crippen LogP contribution in [-0.2, 0) is 11.3 Å². The van der Waals surface area contributed by atoms with E-state index in [9.17, 15) is 4.79 Å². The Morgan fingerprint density at radius 3 is 2.40 bits per heavy atom. The molecular formula is C24H33N3O3. The lowest BCUT2D eigenvalue weighted by Gasteiger charge is -2.34. The van der Waals surface area contributed by atoms with E-state index in [0.717, 1.165) is 55.5 Å². The Labute approximate surface area is 179 Å². The van der Waals surface area contributed by atoms with Crippen molar-refractivity contribution in [1.29, 1.82) is 0 Å². The minimum atomic E-state index is 0.0406. The van der Waals surface area contributed by atoms with Crippen LogP contribution in [0.3, 0.4) is 0 Å². The highest BCUT2D eigenvalue weighted by Crippen LogP contribution is 2.25. The maximum absolute atomic E-state index is 12.5. The average Bonchev–Trinajstić information content (AvgIpc) is 2.75. The predicted octanol–water partition coefficient (Wildman–Crippen LogP) is 3.58. The maximum atomic E-state index is 12.5. The van der Waals surface area contributed by atoms with E-state index in [0.29, 0.717) is 12.5 Å². The van der Waals surface area contributed by atoms with Gasteiger partial charge in [0.25, 0.3) is 0 Å². The number of anilines is 1. The van der Waals surface area contributed by atoms with Crippen LogP contribution in [0.15, 0.2) is 42.5 Å². The first-order valence-electron chi connectivity index (χ1n) is 10.5. The third kappa shape index (κ3) is 5.97. The van der Waals surface area contributed by atoms with Crippen molar-refractivity contribution < 1.29 is 14.3 Å². The van der Waals surface area contributed by atoms with E-state index in [1.165, 1.54) is 5.56 Å². The van der Waals surface area contributed by atoms with Gasteiger partial charge in [0.15, 0.2) is 0 Å². The number of hydrogen-bond donors (Lipinski definition) is 1. The fraction of sp³-hybridized carbons (Fsp3) is 0.458. The standard InChI is InChI=1S/C24H33N3O3/c1-18(2)19-6-5-7-21(14-19)25-24(28)17-27-12-10-26(11-13-27)16-20-15-22(29-3)8-9-23(20)30-4/h5-9,14-15,18H,10-13,16-17H2,1-4H3,(H,25,28). The summed E-state index contributed by atoms with van der Waals surface area (Å²) in [5.74, 6) is 2.20. The summed E-state index contributed by atoms with van der Waals surface area (Å²) < 4.78 is 10.8. The molecule has 0 spiro atoms. The topological polar surface area (TPSA) is 54.0 Å². The third-order valence-electron chi connectivity index (χ3n) is 5.55. The number of nitrogens with zero attached hydrogens (tertiary/aromatic N) is 2. The minimum Gasteiger partial charge on any atom is -0.497 e. The Morgan fingerprint density at radius 1 is 1.00 bits per heavy atom. The van der Waals surface area contributed by atoms with Crippen LogP contribution in [-0.4, -0.2) is 62.7 Å². The van der Waals surface area contributed by atoms with Crippen molar-refractivity contribution in [2.24, 2.45) is 0 Å². The number of carbonyl (C=O) groups is 1. The molecule has 6 heteroatoms. The molecule has 2 aromatic carbocycles. The second-order valence-electron chi connectivity index (χ2n) is 8.06. The molecule has 1 N–H and O–H groups in total. The van der Waals surface area contributed by atoms with Crippen LogP contribution < -0.4 is 14.8 Å².